The summed E-state index contributed by atoms with van der Waals surface area (Å²) >= 11 is 0. The van der Waals surface area contributed by atoms with E-state index in [1.165, 1.54) is 18.2 Å². The zero-order valence-electron chi connectivity index (χ0n) is 9.10. The van der Waals surface area contributed by atoms with Gasteiger partial charge in [0.2, 0.25) is 0 Å². The Kier molecular flexibility index (Phi) is 3.54. The number of hydrogen-bond acceptors (Lipinski definition) is 2. The second kappa shape index (κ2) is 5.10. The Labute approximate surface area is 102 Å². The SMILES string of the molecule is Nc1cc(F)ccc1S(=O)Cc1ccccc1. The number of hydrogen-bond donors (Lipinski definition) is 1. The monoisotopic (exact) mass is 249 g/mol. The summed E-state index contributed by atoms with van der Waals surface area (Å²) in [7, 11) is -1.25. The molecule has 0 spiro atoms. The molecule has 1 atom stereocenters. The average Bonchev–Trinajstić information content (AvgIpc) is 2.30. The van der Waals surface area contributed by atoms with Gasteiger partial charge in [0, 0.05) is 0 Å². The molecule has 2 aromatic carbocycles. The first kappa shape index (κ1) is 11.8. The summed E-state index contributed by atoms with van der Waals surface area (Å²) in [6.07, 6.45) is 0. The molecule has 0 aliphatic carbocycles. The fourth-order valence-corrected chi connectivity index (χ4v) is 2.72. The molecule has 0 aliphatic heterocycles. The van der Waals surface area contributed by atoms with Gasteiger partial charge in [-0.15, -0.1) is 0 Å². The standard InChI is InChI=1S/C13H12FNOS/c14-11-6-7-13(12(15)8-11)17(16)9-10-4-2-1-3-5-10/h1-8H,9,15H2. The van der Waals surface area contributed by atoms with Gasteiger partial charge in [-0.05, 0) is 23.8 Å². The van der Waals surface area contributed by atoms with Crippen LogP contribution in [0.25, 0.3) is 0 Å². The van der Waals surface area contributed by atoms with E-state index in [0.717, 1.165) is 5.56 Å². The van der Waals surface area contributed by atoms with Crippen LogP contribution in [0.3, 0.4) is 0 Å². The molecule has 2 N–H and O–H groups in total. The molecule has 0 saturated carbocycles. The third-order valence-corrected chi connectivity index (χ3v) is 3.82. The Morgan fingerprint density at radius 3 is 2.47 bits per heavy atom. The molecule has 17 heavy (non-hydrogen) atoms. The van der Waals surface area contributed by atoms with Gasteiger partial charge in [-0.3, -0.25) is 4.21 Å². The molecule has 2 nitrogen and oxygen atoms in total. The first-order valence-electron chi connectivity index (χ1n) is 5.14. The van der Waals surface area contributed by atoms with Gasteiger partial charge in [-0.25, -0.2) is 4.39 Å². The van der Waals surface area contributed by atoms with Gasteiger partial charge < -0.3 is 5.73 Å². The summed E-state index contributed by atoms with van der Waals surface area (Å²) in [6.45, 7) is 0. The minimum Gasteiger partial charge on any atom is -0.398 e. The minimum absolute atomic E-state index is 0.235. The van der Waals surface area contributed by atoms with Gasteiger partial charge in [0.1, 0.15) is 5.82 Å². The zero-order valence-corrected chi connectivity index (χ0v) is 9.91. The van der Waals surface area contributed by atoms with Gasteiger partial charge in [-0.2, -0.15) is 0 Å². The zero-order chi connectivity index (χ0) is 12.3. The summed E-state index contributed by atoms with van der Waals surface area (Å²) in [6, 6.07) is 13.4. The lowest BCUT2D eigenvalue weighted by molar-refractivity contribution is 0.627. The Balaban J connectivity index is 2.21. The highest BCUT2D eigenvalue weighted by molar-refractivity contribution is 7.84. The molecule has 0 amide bonds. The van der Waals surface area contributed by atoms with Crippen LogP contribution in [0.4, 0.5) is 10.1 Å². The molecule has 0 radical (unpaired) electrons. The van der Waals surface area contributed by atoms with Gasteiger partial charge in [0.05, 0.1) is 27.1 Å². The average molecular weight is 249 g/mol. The summed E-state index contributed by atoms with van der Waals surface area (Å²) < 4.78 is 24.9. The normalized spacial score (nSPS) is 12.3. The summed E-state index contributed by atoms with van der Waals surface area (Å²) in [5, 5.41) is 0. The lowest BCUT2D eigenvalue weighted by Crippen LogP contribution is -2.01. The van der Waals surface area contributed by atoms with Gasteiger partial charge in [0.15, 0.2) is 0 Å². The lowest BCUT2D eigenvalue weighted by Gasteiger charge is -2.05. The fraction of sp³-hybridized carbons (Fsp3) is 0.0769. The highest BCUT2D eigenvalue weighted by atomic mass is 32.2. The van der Waals surface area contributed by atoms with Crippen LogP contribution < -0.4 is 5.73 Å². The predicted octanol–water partition coefficient (Wildman–Crippen LogP) is 2.72. The maximum absolute atomic E-state index is 12.9. The van der Waals surface area contributed by atoms with Crippen LogP contribution >= 0.6 is 0 Å². The van der Waals surface area contributed by atoms with Crippen LogP contribution in [0.2, 0.25) is 0 Å². The Morgan fingerprint density at radius 2 is 1.82 bits per heavy atom. The summed E-state index contributed by atoms with van der Waals surface area (Å²) in [4.78, 5) is 0.482. The number of benzene rings is 2. The van der Waals surface area contributed by atoms with E-state index < -0.39 is 16.6 Å². The third kappa shape index (κ3) is 2.91. The largest absolute Gasteiger partial charge is 0.398 e. The van der Waals surface area contributed by atoms with Gasteiger partial charge in [0.25, 0.3) is 0 Å². The predicted molar refractivity (Wildman–Crippen MR) is 67.4 cm³/mol. The van der Waals surface area contributed by atoms with Crippen molar-refractivity contribution in [2.24, 2.45) is 0 Å². The number of nitrogen functional groups attached to an aromatic ring is 1. The molecule has 0 aromatic heterocycles. The molecule has 0 saturated heterocycles. The molecular weight excluding hydrogens is 237 g/mol. The minimum atomic E-state index is -1.25. The van der Waals surface area contributed by atoms with Crippen molar-refractivity contribution in [1.29, 1.82) is 0 Å². The Morgan fingerprint density at radius 1 is 1.12 bits per heavy atom. The van der Waals surface area contributed by atoms with E-state index in [0.29, 0.717) is 10.6 Å². The van der Waals surface area contributed by atoms with E-state index in [1.54, 1.807) is 0 Å². The van der Waals surface area contributed by atoms with E-state index >= 15 is 0 Å². The van der Waals surface area contributed by atoms with Crippen molar-refractivity contribution in [2.45, 2.75) is 10.6 Å². The van der Waals surface area contributed by atoms with Gasteiger partial charge >= 0.3 is 0 Å². The first-order valence-corrected chi connectivity index (χ1v) is 6.46. The molecule has 4 heteroatoms. The molecule has 0 heterocycles. The number of halogens is 1. The van der Waals surface area contributed by atoms with E-state index in [4.69, 9.17) is 5.73 Å². The van der Waals surface area contributed by atoms with Crippen molar-refractivity contribution in [2.75, 3.05) is 5.73 Å². The molecule has 0 fully saturated rings. The summed E-state index contributed by atoms with van der Waals surface area (Å²) in [5.41, 5.74) is 6.85. The third-order valence-electron chi connectivity index (χ3n) is 2.36. The van der Waals surface area contributed by atoms with E-state index in [2.05, 4.69) is 0 Å². The van der Waals surface area contributed by atoms with Crippen molar-refractivity contribution >= 4 is 16.5 Å². The van der Waals surface area contributed by atoms with Crippen molar-refractivity contribution in [1.82, 2.24) is 0 Å². The number of rotatable bonds is 3. The molecule has 2 rings (SSSR count). The van der Waals surface area contributed by atoms with Crippen molar-refractivity contribution < 1.29 is 8.60 Å². The smallest absolute Gasteiger partial charge is 0.125 e. The number of anilines is 1. The van der Waals surface area contributed by atoms with Crippen molar-refractivity contribution in [3.8, 4) is 0 Å². The highest BCUT2D eigenvalue weighted by Gasteiger charge is 2.09. The van der Waals surface area contributed by atoms with Crippen LogP contribution in [0, 0.1) is 5.82 Å². The van der Waals surface area contributed by atoms with Crippen LogP contribution in [0.5, 0.6) is 0 Å². The van der Waals surface area contributed by atoms with Crippen LogP contribution in [0.1, 0.15) is 5.56 Å². The van der Waals surface area contributed by atoms with E-state index in [1.807, 2.05) is 30.3 Å². The Hall–Kier alpha value is -1.68. The van der Waals surface area contributed by atoms with Crippen LogP contribution in [-0.4, -0.2) is 4.21 Å². The highest BCUT2D eigenvalue weighted by Crippen LogP contribution is 2.20. The second-order valence-corrected chi connectivity index (χ2v) is 5.08. The van der Waals surface area contributed by atoms with Crippen LogP contribution in [0.15, 0.2) is 53.4 Å². The number of nitrogens with two attached hydrogens (primary N) is 1. The summed E-state index contributed by atoms with van der Waals surface area (Å²) in [5.74, 6) is -0.0283. The Bertz CT molecular complexity index is 542. The fourth-order valence-electron chi connectivity index (χ4n) is 1.53. The molecule has 0 bridgehead atoms. The van der Waals surface area contributed by atoms with Gasteiger partial charge in [-0.1, -0.05) is 30.3 Å². The van der Waals surface area contributed by atoms with Crippen molar-refractivity contribution in [3.05, 3.63) is 59.9 Å². The molecule has 1 unspecified atom stereocenters. The lowest BCUT2D eigenvalue weighted by atomic mass is 10.2. The quantitative estimate of drug-likeness (QED) is 0.850. The van der Waals surface area contributed by atoms with Crippen LogP contribution in [-0.2, 0) is 16.6 Å². The first-order chi connectivity index (χ1) is 8.16. The molecule has 88 valence electrons. The van der Waals surface area contributed by atoms with E-state index in [9.17, 15) is 8.60 Å². The maximum Gasteiger partial charge on any atom is 0.125 e. The molecule has 2 aromatic rings. The van der Waals surface area contributed by atoms with Crippen molar-refractivity contribution in [3.63, 3.8) is 0 Å². The second-order valence-electron chi connectivity index (χ2n) is 3.66. The topological polar surface area (TPSA) is 43.1 Å². The van der Waals surface area contributed by atoms with E-state index in [-0.39, 0.29) is 5.69 Å². The molecular formula is C13H12FNOS. The molecule has 0 aliphatic rings. The maximum atomic E-state index is 12.9.